The van der Waals surface area contributed by atoms with Crippen molar-refractivity contribution in [1.29, 1.82) is 0 Å². The molecule has 0 aliphatic heterocycles. The Labute approximate surface area is 233 Å². The number of benzene rings is 3. The normalized spacial score (nSPS) is 13.4. The van der Waals surface area contributed by atoms with Gasteiger partial charge in [0.25, 0.3) is 5.91 Å². The van der Waals surface area contributed by atoms with Crippen LogP contribution in [0.2, 0.25) is 0 Å². The van der Waals surface area contributed by atoms with Gasteiger partial charge in [0.15, 0.2) is 0 Å². The first-order valence-electron chi connectivity index (χ1n) is 13.0. The average molecular weight is 565 g/mol. The maximum absolute atomic E-state index is 13.1. The molecular formula is C30H27F3N4O4. The highest BCUT2D eigenvalue weighted by Crippen LogP contribution is 2.39. The summed E-state index contributed by atoms with van der Waals surface area (Å²) in [6, 6.07) is 18.2. The van der Waals surface area contributed by atoms with E-state index < -0.39 is 18.0 Å². The summed E-state index contributed by atoms with van der Waals surface area (Å²) in [4.78, 5) is 25.7. The summed E-state index contributed by atoms with van der Waals surface area (Å²) < 4.78 is 42.3. The molecule has 1 fully saturated rings. The lowest BCUT2D eigenvalue weighted by molar-refractivity contribution is -0.274. The number of carbonyl (C=O) groups is 2. The largest absolute Gasteiger partial charge is 0.573 e. The molecule has 1 aliphatic rings. The Balaban J connectivity index is 1.30. The molecule has 4 aromatic rings. The van der Waals surface area contributed by atoms with E-state index in [1.54, 1.807) is 18.2 Å². The number of halogens is 3. The second-order valence-corrected chi connectivity index (χ2v) is 9.90. The number of aromatic hydroxyl groups is 1. The Hall–Kier alpha value is -4.80. The predicted molar refractivity (Wildman–Crippen MR) is 146 cm³/mol. The lowest BCUT2D eigenvalue weighted by Gasteiger charge is -2.25. The zero-order valence-electron chi connectivity index (χ0n) is 22.0. The monoisotopic (exact) mass is 564 g/mol. The molecule has 2 amide bonds. The van der Waals surface area contributed by atoms with Crippen LogP contribution in [0.5, 0.6) is 11.5 Å². The Morgan fingerprint density at radius 2 is 1.73 bits per heavy atom. The number of nitrogens with zero attached hydrogens (tertiary/aromatic N) is 2. The number of phenolic OH excluding ortho intramolecular Hbond substituents is 1. The van der Waals surface area contributed by atoms with Crippen molar-refractivity contribution in [3.05, 3.63) is 95.2 Å². The van der Waals surface area contributed by atoms with Gasteiger partial charge in [0, 0.05) is 35.3 Å². The molecule has 0 spiro atoms. The number of aromatic nitrogens is 2. The minimum Gasteiger partial charge on any atom is -0.507 e. The number of ether oxygens (including phenoxy) is 1. The van der Waals surface area contributed by atoms with Crippen LogP contribution in [0.3, 0.4) is 0 Å². The smallest absolute Gasteiger partial charge is 0.507 e. The van der Waals surface area contributed by atoms with E-state index in [-0.39, 0.29) is 28.9 Å². The molecule has 0 radical (unpaired) electrons. The van der Waals surface area contributed by atoms with Crippen LogP contribution in [0, 0.1) is 6.92 Å². The molecule has 0 unspecified atom stereocenters. The van der Waals surface area contributed by atoms with Crippen LogP contribution in [0.15, 0.2) is 72.8 Å². The number of aryl methyl sites for hydroxylation is 1. The van der Waals surface area contributed by atoms with Crippen LogP contribution < -0.4 is 15.4 Å². The highest BCUT2D eigenvalue weighted by Gasteiger charge is 2.31. The maximum atomic E-state index is 13.1. The average Bonchev–Trinajstić information content (AvgIpc) is 3.31. The van der Waals surface area contributed by atoms with Crippen molar-refractivity contribution >= 4 is 17.6 Å². The summed E-state index contributed by atoms with van der Waals surface area (Å²) >= 11 is 0. The third-order valence-corrected chi connectivity index (χ3v) is 6.90. The Morgan fingerprint density at radius 1 is 1.02 bits per heavy atom. The van der Waals surface area contributed by atoms with Gasteiger partial charge in [-0.15, -0.1) is 13.2 Å². The van der Waals surface area contributed by atoms with Gasteiger partial charge in [0.05, 0.1) is 11.4 Å². The zero-order valence-corrected chi connectivity index (χ0v) is 22.0. The molecular weight excluding hydrogens is 537 g/mol. The van der Waals surface area contributed by atoms with E-state index in [2.05, 4.69) is 20.5 Å². The van der Waals surface area contributed by atoms with Crippen molar-refractivity contribution < 1.29 is 32.6 Å². The quantitative estimate of drug-likeness (QED) is 0.231. The first-order valence-corrected chi connectivity index (χ1v) is 13.0. The van der Waals surface area contributed by atoms with Crippen molar-refractivity contribution in [1.82, 2.24) is 15.1 Å². The van der Waals surface area contributed by atoms with Gasteiger partial charge < -0.3 is 20.5 Å². The lowest BCUT2D eigenvalue weighted by Crippen LogP contribution is -2.31. The zero-order chi connectivity index (χ0) is 29.1. The summed E-state index contributed by atoms with van der Waals surface area (Å²) in [7, 11) is 0. The number of rotatable bonds is 7. The van der Waals surface area contributed by atoms with Gasteiger partial charge in [-0.05, 0) is 67.8 Å². The molecule has 1 aromatic heterocycles. The lowest BCUT2D eigenvalue weighted by atomic mass is 9.82. The van der Waals surface area contributed by atoms with Crippen LogP contribution in [0.1, 0.15) is 52.4 Å². The van der Waals surface area contributed by atoms with Crippen molar-refractivity contribution in [2.24, 2.45) is 0 Å². The van der Waals surface area contributed by atoms with Crippen molar-refractivity contribution in [2.75, 3.05) is 5.32 Å². The highest BCUT2D eigenvalue weighted by atomic mass is 19.4. The fourth-order valence-corrected chi connectivity index (χ4v) is 4.48. The summed E-state index contributed by atoms with van der Waals surface area (Å²) in [5.41, 5.74) is 4.01. The van der Waals surface area contributed by atoms with Gasteiger partial charge in [-0.3, -0.25) is 4.79 Å². The van der Waals surface area contributed by atoms with Crippen LogP contribution in [-0.4, -0.2) is 33.2 Å². The Kier molecular flexibility index (Phi) is 7.69. The van der Waals surface area contributed by atoms with Gasteiger partial charge in [-0.1, -0.05) is 36.2 Å². The van der Waals surface area contributed by atoms with E-state index in [0.717, 1.165) is 48.2 Å². The van der Waals surface area contributed by atoms with Crippen LogP contribution in [0.4, 0.5) is 23.7 Å². The molecule has 1 saturated carbocycles. The number of anilines is 1. The van der Waals surface area contributed by atoms with E-state index in [9.17, 15) is 27.9 Å². The number of phenols is 1. The molecule has 0 saturated heterocycles. The maximum Gasteiger partial charge on any atom is 0.573 e. The number of hydrogen-bond acceptors (Lipinski definition) is 5. The fourth-order valence-electron chi connectivity index (χ4n) is 4.48. The number of nitrogens with one attached hydrogen (secondary N) is 2. The number of amides is 2. The van der Waals surface area contributed by atoms with Gasteiger partial charge in [0.1, 0.15) is 11.5 Å². The second-order valence-electron chi connectivity index (χ2n) is 9.90. The van der Waals surface area contributed by atoms with Gasteiger partial charge in [-0.2, -0.15) is 9.78 Å². The molecule has 3 aromatic carbocycles. The number of alkyl halides is 3. The van der Waals surface area contributed by atoms with E-state index in [0.29, 0.717) is 17.8 Å². The van der Waals surface area contributed by atoms with Crippen LogP contribution in [-0.2, 0) is 6.54 Å². The van der Waals surface area contributed by atoms with Crippen LogP contribution in [0.25, 0.3) is 11.3 Å². The Bertz CT molecular complexity index is 1560. The Morgan fingerprint density at radius 3 is 2.34 bits per heavy atom. The molecule has 1 aliphatic carbocycles. The second kappa shape index (κ2) is 11.4. The van der Waals surface area contributed by atoms with E-state index in [4.69, 9.17) is 0 Å². The highest BCUT2D eigenvalue weighted by molar-refractivity contribution is 6.04. The fraction of sp³-hybridized carbons (Fsp3) is 0.233. The topological polar surface area (TPSA) is 105 Å². The molecule has 11 heteroatoms. The number of hydrogen-bond donors (Lipinski definition) is 3. The van der Waals surface area contributed by atoms with Gasteiger partial charge in [-0.25, -0.2) is 4.79 Å². The molecule has 8 nitrogen and oxygen atoms in total. The van der Waals surface area contributed by atoms with Crippen molar-refractivity contribution in [3.8, 4) is 22.8 Å². The predicted octanol–water partition coefficient (Wildman–Crippen LogP) is 6.74. The minimum absolute atomic E-state index is 0.101. The molecule has 212 valence electrons. The standard InChI is InChI=1S/C30H27F3N4O4/c1-18-5-7-19(8-6-18)17-34-29(40)37-26(20-3-2-4-20)16-25(36-37)24-14-11-22(15-27(24)38)35-28(39)21-9-12-23(13-10-21)41-30(31,32)33/h5-16,20,38H,2-4,17H2,1H3,(H,34,40)(H,35,39). The summed E-state index contributed by atoms with van der Waals surface area (Å²) in [5.74, 6) is -1.00. The molecule has 1 heterocycles. The summed E-state index contributed by atoms with van der Waals surface area (Å²) in [5, 5.41) is 20.8. The van der Waals surface area contributed by atoms with E-state index in [1.807, 2.05) is 31.2 Å². The number of carbonyl (C=O) groups excluding carboxylic acids is 2. The molecule has 0 atom stereocenters. The van der Waals surface area contributed by atoms with E-state index >= 15 is 0 Å². The van der Waals surface area contributed by atoms with Gasteiger partial charge in [0.2, 0.25) is 0 Å². The molecule has 41 heavy (non-hydrogen) atoms. The first kappa shape index (κ1) is 27.8. The first-order chi connectivity index (χ1) is 19.6. The minimum atomic E-state index is -4.83. The third kappa shape index (κ3) is 6.68. The van der Waals surface area contributed by atoms with Gasteiger partial charge >= 0.3 is 12.4 Å². The summed E-state index contributed by atoms with van der Waals surface area (Å²) in [6.45, 7) is 2.34. The third-order valence-electron chi connectivity index (χ3n) is 6.90. The summed E-state index contributed by atoms with van der Waals surface area (Å²) in [6.07, 6.45) is -1.89. The van der Waals surface area contributed by atoms with Crippen molar-refractivity contribution in [2.45, 2.75) is 45.0 Å². The van der Waals surface area contributed by atoms with Crippen LogP contribution >= 0.6 is 0 Å². The van der Waals surface area contributed by atoms with E-state index in [1.165, 1.54) is 22.9 Å². The molecule has 5 rings (SSSR count). The molecule has 0 bridgehead atoms. The molecule has 3 N–H and O–H groups in total. The SMILES string of the molecule is Cc1ccc(CNC(=O)n2nc(-c3ccc(NC(=O)c4ccc(OC(F)(F)F)cc4)cc3O)cc2C2CCC2)cc1. The van der Waals surface area contributed by atoms with Crippen molar-refractivity contribution in [3.63, 3.8) is 0 Å².